The second kappa shape index (κ2) is 29.6. The largest absolute Gasteiger partial charge is 0.457 e. The average Bonchev–Trinajstić information content (AvgIpc) is 3.26. The first-order valence-electron chi connectivity index (χ1n) is 23.4. The highest BCUT2D eigenvalue weighted by Gasteiger charge is 2.17. The first-order chi connectivity index (χ1) is 29.2. The standard InChI is InChI=1S/C50H78N6O4/c1-7-12-13-14-15-16-17-18-19-20-21-22-23-24-25-44(56(10-4)11-5)36-37-52-41-28-26-39(27-29-41)48(57)53-42-30-33-45(34-31-42)60-47-35-32-43(38-46(47)49(58)51-6)55-50(59)54-40(8-2)9-3/h26-35,38,40,44,52H,7-25,36-37H2,1-6H3,(H,51,58)(H,53,57)(H2,54,55,59). The first-order valence-corrected chi connectivity index (χ1v) is 23.4. The number of anilines is 3. The van der Waals surface area contributed by atoms with Crippen molar-refractivity contribution in [3.8, 4) is 11.5 Å². The maximum atomic E-state index is 13.1. The minimum atomic E-state index is -0.349. The fourth-order valence-corrected chi connectivity index (χ4v) is 7.74. The van der Waals surface area contributed by atoms with E-state index < -0.39 is 0 Å². The van der Waals surface area contributed by atoms with Crippen molar-refractivity contribution < 1.29 is 19.1 Å². The number of rotatable bonds is 31. The summed E-state index contributed by atoms with van der Waals surface area (Å²) in [6.07, 6.45) is 23.4. The number of nitrogens with one attached hydrogen (secondary N) is 5. The molecule has 1 unspecified atom stereocenters. The number of benzene rings is 3. The summed E-state index contributed by atoms with van der Waals surface area (Å²) < 4.78 is 6.07. The quantitative estimate of drug-likeness (QED) is 0.0412. The molecular formula is C50H78N6O4. The highest BCUT2D eigenvalue weighted by molar-refractivity contribution is 6.04. The van der Waals surface area contributed by atoms with Gasteiger partial charge in [0.25, 0.3) is 11.8 Å². The lowest BCUT2D eigenvalue weighted by Gasteiger charge is -2.30. The van der Waals surface area contributed by atoms with Crippen molar-refractivity contribution in [2.45, 2.75) is 162 Å². The second-order valence-corrected chi connectivity index (χ2v) is 16.0. The van der Waals surface area contributed by atoms with Crippen molar-refractivity contribution >= 4 is 34.9 Å². The molecule has 0 spiro atoms. The van der Waals surface area contributed by atoms with Crippen LogP contribution in [0.25, 0.3) is 0 Å². The zero-order valence-corrected chi connectivity index (χ0v) is 37.9. The van der Waals surface area contributed by atoms with Crippen molar-refractivity contribution in [2.75, 3.05) is 42.6 Å². The Morgan fingerprint density at radius 3 is 1.70 bits per heavy atom. The molecule has 3 aromatic carbocycles. The van der Waals surface area contributed by atoms with Crippen LogP contribution in [-0.4, -0.2) is 61.5 Å². The molecule has 0 aliphatic heterocycles. The lowest BCUT2D eigenvalue weighted by molar-refractivity contribution is 0.0959. The third kappa shape index (κ3) is 18.8. The number of unbranched alkanes of at least 4 members (excludes halogenated alkanes) is 13. The molecule has 0 saturated heterocycles. The molecule has 0 aliphatic carbocycles. The van der Waals surface area contributed by atoms with E-state index in [9.17, 15) is 14.4 Å². The summed E-state index contributed by atoms with van der Waals surface area (Å²) in [7, 11) is 1.54. The van der Waals surface area contributed by atoms with Crippen LogP contribution < -0.4 is 31.3 Å². The maximum absolute atomic E-state index is 13.1. The Hall–Kier alpha value is -4.57. The van der Waals surface area contributed by atoms with Crippen molar-refractivity contribution in [2.24, 2.45) is 0 Å². The third-order valence-corrected chi connectivity index (χ3v) is 11.5. The van der Waals surface area contributed by atoms with Crippen LogP contribution in [-0.2, 0) is 0 Å². The zero-order valence-electron chi connectivity index (χ0n) is 37.9. The van der Waals surface area contributed by atoms with E-state index in [1.807, 2.05) is 38.1 Å². The van der Waals surface area contributed by atoms with Crippen molar-refractivity contribution in [1.29, 1.82) is 0 Å². The average molecular weight is 827 g/mol. The predicted octanol–water partition coefficient (Wildman–Crippen LogP) is 12.8. The fraction of sp³-hybridized carbons (Fsp3) is 0.580. The molecule has 0 heterocycles. The molecule has 0 aliphatic rings. The molecule has 4 amide bonds. The number of hydrogen-bond donors (Lipinski definition) is 5. The molecule has 332 valence electrons. The molecule has 3 rings (SSSR count). The summed E-state index contributed by atoms with van der Waals surface area (Å²) >= 11 is 0. The van der Waals surface area contributed by atoms with Gasteiger partial charge in [-0.2, -0.15) is 0 Å². The number of ether oxygens (including phenoxy) is 1. The van der Waals surface area contributed by atoms with Gasteiger partial charge in [0.1, 0.15) is 11.5 Å². The van der Waals surface area contributed by atoms with Crippen LogP contribution in [0.5, 0.6) is 11.5 Å². The molecule has 60 heavy (non-hydrogen) atoms. The van der Waals surface area contributed by atoms with Gasteiger partial charge in [0.2, 0.25) is 0 Å². The van der Waals surface area contributed by atoms with E-state index in [1.165, 1.54) is 96.3 Å². The van der Waals surface area contributed by atoms with E-state index in [2.05, 4.69) is 52.3 Å². The van der Waals surface area contributed by atoms with Crippen LogP contribution in [0, 0.1) is 0 Å². The summed E-state index contributed by atoms with van der Waals surface area (Å²) in [6.45, 7) is 13.9. The number of urea groups is 1. The van der Waals surface area contributed by atoms with Crippen LogP contribution >= 0.6 is 0 Å². The first kappa shape index (κ1) is 49.8. The smallest absolute Gasteiger partial charge is 0.319 e. The van der Waals surface area contributed by atoms with Crippen molar-refractivity contribution in [1.82, 2.24) is 15.5 Å². The van der Waals surface area contributed by atoms with Crippen molar-refractivity contribution in [3.05, 3.63) is 77.9 Å². The molecule has 0 saturated carbocycles. The van der Waals surface area contributed by atoms with E-state index in [0.717, 1.165) is 44.6 Å². The lowest BCUT2D eigenvalue weighted by atomic mass is 10.0. The monoisotopic (exact) mass is 827 g/mol. The van der Waals surface area contributed by atoms with E-state index >= 15 is 0 Å². The van der Waals surface area contributed by atoms with E-state index in [1.54, 1.807) is 49.5 Å². The van der Waals surface area contributed by atoms with Gasteiger partial charge >= 0.3 is 6.03 Å². The van der Waals surface area contributed by atoms with Gasteiger partial charge in [0, 0.05) is 48.3 Å². The highest BCUT2D eigenvalue weighted by Crippen LogP contribution is 2.29. The summed E-state index contributed by atoms with van der Waals surface area (Å²) in [5.41, 5.74) is 2.94. The maximum Gasteiger partial charge on any atom is 0.319 e. The van der Waals surface area contributed by atoms with Gasteiger partial charge in [-0.25, -0.2) is 4.79 Å². The Balaban J connectivity index is 1.42. The Bertz CT molecular complexity index is 1640. The predicted molar refractivity (Wildman–Crippen MR) is 252 cm³/mol. The zero-order chi connectivity index (χ0) is 43.4. The Morgan fingerprint density at radius 2 is 1.15 bits per heavy atom. The summed E-state index contributed by atoms with van der Waals surface area (Å²) in [5.74, 6) is 0.268. The summed E-state index contributed by atoms with van der Waals surface area (Å²) in [4.78, 5) is 40.9. The molecule has 3 aromatic rings. The Kier molecular flexibility index (Phi) is 24.6. The molecule has 10 nitrogen and oxygen atoms in total. The van der Waals surface area contributed by atoms with E-state index in [4.69, 9.17) is 4.74 Å². The molecule has 5 N–H and O–H groups in total. The number of hydrogen-bond acceptors (Lipinski definition) is 6. The Labute approximate surface area is 362 Å². The molecule has 10 heteroatoms. The molecule has 0 fully saturated rings. The van der Waals surface area contributed by atoms with Gasteiger partial charge in [-0.1, -0.05) is 125 Å². The van der Waals surface area contributed by atoms with Gasteiger partial charge in [-0.15, -0.1) is 0 Å². The lowest BCUT2D eigenvalue weighted by Crippen LogP contribution is -2.37. The third-order valence-electron chi connectivity index (χ3n) is 11.5. The van der Waals surface area contributed by atoms with Crippen LogP contribution in [0.15, 0.2) is 66.7 Å². The SMILES string of the molecule is CCCCCCCCCCCCCCCCC(CCNc1ccc(C(=O)Nc2ccc(Oc3ccc(NC(=O)NC(CC)CC)cc3C(=O)NC)cc2)cc1)N(CC)CC. The van der Waals surface area contributed by atoms with Crippen LogP contribution in [0.2, 0.25) is 0 Å². The van der Waals surface area contributed by atoms with E-state index in [0.29, 0.717) is 34.5 Å². The Morgan fingerprint density at radius 1 is 0.600 bits per heavy atom. The van der Waals surface area contributed by atoms with Gasteiger partial charge in [-0.3, -0.25) is 9.59 Å². The van der Waals surface area contributed by atoms with E-state index in [-0.39, 0.29) is 29.5 Å². The van der Waals surface area contributed by atoms with Crippen LogP contribution in [0.1, 0.15) is 171 Å². The normalized spacial score (nSPS) is 11.7. The second-order valence-electron chi connectivity index (χ2n) is 16.0. The topological polar surface area (TPSA) is 124 Å². The summed E-state index contributed by atoms with van der Waals surface area (Å²) in [5, 5.41) is 14.9. The molecule has 0 radical (unpaired) electrons. The van der Waals surface area contributed by atoms with Crippen LogP contribution in [0.3, 0.4) is 0 Å². The minimum absolute atomic E-state index is 0.0705. The van der Waals surface area contributed by atoms with Gasteiger partial charge < -0.3 is 36.2 Å². The number of nitrogens with zero attached hydrogens (tertiary/aromatic N) is 1. The van der Waals surface area contributed by atoms with Gasteiger partial charge in [0.15, 0.2) is 0 Å². The fourth-order valence-electron chi connectivity index (χ4n) is 7.74. The molecule has 0 bridgehead atoms. The number of carbonyl (C=O) groups is 3. The number of amides is 4. The number of carbonyl (C=O) groups excluding carboxylic acids is 3. The summed E-state index contributed by atoms with van der Waals surface area (Å²) in [6, 6.07) is 19.8. The van der Waals surface area contributed by atoms with Gasteiger partial charge in [-0.05, 0) is 106 Å². The van der Waals surface area contributed by atoms with Crippen molar-refractivity contribution in [3.63, 3.8) is 0 Å². The molecular weight excluding hydrogens is 749 g/mol. The minimum Gasteiger partial charge on any atom is -0.457 e. The highest BCUT2D eigenvalue weighted by atomic mass is 16.5. The molecule has 1 atom stereocenters. The van der Waals surface area contributed by atoms with Gasteiger partial charge in [0.05, 0.1) is 5.56 Å². The van der Waals surface area contributed by atoms with Crippen LogP contribution in [0.4, 0.5) is 21.9 Å². The molecule has 0 aromatic heterocycles.